The minimum absolute atomic E-state index is 0.153. The molecule has 0 unspecified atom stereocenters. The fraction of sp³-hybridized carbons (Fsp3) is 0.286. The summed E-state index contributed by atoms with van der Waals surface area (Å²) in [4.78, 5) is 0. The summed E-state index contributed by atoms with van der Waals surface area (Å²) in [5.41, 5.74) is 0.724. The van der Waals surface area contributed by atoms with Gasteiger partial charge in [0.15, 0.2) is 5.75 Å². The average molecular weight is 200 g/mol. The van der Waals surface area contributed by atoms with Crippen LogP contribution in [0.3, 0.4) is 0 Å². The molecule has 1 aromatic heterocycles. The van der Waals surface area contributed by atoms with Crippen molar-refractivity contribution in [3.63, 3.8) is 0 Å². The first-order valence-corrected chi connectivity index (χ1v) is 5.14. The maximum atomic E-state index is 11.0. The van der Waals surface area contributed by atoms with Gasteiger partial charge in [0.25, 0.3) is 0 Å². The molecular formula is C7H8N2O3S. The minimum atomic E-state index is -3.46. The summed E-state index contributed by atoms with van der Waals surface area (Å²) < 4.78 is 28.9. The monoisotopic (exact) mass is 200 g/mol. The second kappa shape index (κ2) is 4.07. The number of nitrogens with zero attached hydrogens (tertiary/aromatic N) is 1. The zero-order valence-corrected chi connectivity index (χ0v) is 7.54. The topological polar surface area (TPSA) is 83.1 Å². The van der Waals surface area contributed by atoms with Gasteiger partial charge in [0, 0.05) is 12.1 Å². The molecule has 0 aliphatic rings. The number of sulfonamides is 1. The fourth-order valence-electron chi connectivity index (χ4n) is 0.723. The van der Waals surface area contributed by atoms with E-state index in [-0.39, 0.29) is 6.54 Å². The van der Waals surface area contributed by atoms with E-state index in [1.165, 1.54) is 12.5 Å². The van der Waals surface area contributed by atoms with Crippen molar-refractivity contribution in [3.8, 4) is 6.07 Å². The Bertz CT molecular complexity index is 388. The van der Waals surface area contributed by atoms with Crippen LogP contribution in [0.15, 0.2) is 23.0 Å². The van der Waals surface area contributed by atoms with E-state index in [1.54, 1.807) is 12.1 Å². The number of rotatable bonds is 4. The van der Waals surface area contributed by atoms with Gasteiger partial charge in [0.05, 0.1) is 18.6 Å². The lowest BCUT2D eigenvalue weighted by Gasteiger charge is -1.99. The Kier molecular flexibility index (Phi) is 3.06. The average Bonchev–Trinajstić information content (AvgIpc) is 2.52. The lowest BCUT2D eigenvalue weighted by Crippen LogP contribution is -2.24. The Morgan fingerprint density at radius 1 is 1.62 bits per heavy atom. The van der Waals surface area contributed by atoms with Crippen LogP contribution < -0.4 is 4.72 Å². The van der Waals surface area contributed by atoms with Gasteiger partial charge in [-0.2, -0.15) is 5.26 Å². The largest absolute Gasteiger partial charge is 0.472 e. The molecule has 0 radical (unpaired) electrons. The quantitative estimate of drug-likeness (QED) is 0.753. The van der Waals surface area contributed by atoms with Crippen molar-refractivity contribution in [3.05, 3.63) is 24.2 Å². The van der Waals surface area contributed by atoms with Gasteiger partial charge in [-0.25, -0.2) is 13.1 Å². The Morgan fingerprint density at radius 3 is 2.92 bits per heavy atom. The second-order valence-electron chi connectivity index (χ2n) is 2.37. The summed E-state index contributed by atoms with van der Waals surface area (Å²) >= 11 is 0. The van der Waals surface area contributed by atoms with E-state index in [0.717, 1.165) is 5.56 Å². The Morgan fingerprint density at radius 2 is 2.38 bits per heavy atom. The number of nitriles is 1. The number of hydrogen-bond donors (Lipinski definition) is 1. The molecule has 1 aromatic rings. The number of furan rings is 1. The van der Waals surface area contributed by atoms with Crippen molar-refractivity contribution < 1.29 is 12.8 Å². The summed E-state index contributed by atoms with van der Waals surface area (Å²) in [6.07, 6.45) is 2.89. The van der Waals surface area contributed by atoms with Crippen LogP contribution in [-0.2, 0) is 16.6 Å². The van der Waals surface area contributed by atoms with Crippen LogP contribution in [0.4, 0.5) is 0 Å². The summed E-state index contributed by atoms with van der Waals surface area (Å²) in [6, 6.07) is 3.21. The smallest absolute Gasteiger partial charge is 0.225 e. The zero-order chi connectivity index (χ0) is 9.73. The number of nitrogens with one attached hydrogen (secondary N) is 1. The zero-order valence-electron chi connectivity index (χ0n) is 6.73. The predicted octanol–water partition coefficient (Wildman–Crippen LogP) is 0.223. The summed E-state index contributed by atoms with van der Waals surface area (Å²) in [5.74, 6) is -0.523. The van der Waals surface area contributed by atoms with E-state index < -0.39 is 15.8 Å². The third-order valence-corrected chi connectivity index (χ3v) is 2.42. The second-order valence-corrected chi connectivity index (χ2v) is 4.18. The molecule has 0 amide bonds. The molecule has 5 nitrogen and oxygen atoms in total. The van der Waals surface area contributed by atoms with Gasteiger partial charge >= 0.3 is 0 Å². The maximum Gasteiger partial charge on any atom is 0.225 e. The van der Waals surface area contributed by atoms with Gasteiger partial charge in [0.2, 0.25) is 10.0 Å². The SMILES string of the molecule is N#CCS(=O)(=O)NCc1ccoc1. The lowest BCUT2D eigenvalue weighted by molar-refractivity contribution is 0.561. The van der Waals surface area contributed by atoms with E-state index in [9.17, 15) is 8.42 Å². The Labute approximate surface area is 76.0 Å². The predicted molar refractivity (Wildman–Crippen MR) is 44.9 cm³/mol. The van der Waals surface area contributed by atoms with E-state index in [4.69, 9.17) is 9.68 Å². The van der Waals surface area contributed by atoms with Crippen LogP contribution in [0.5, 0.6) is 0 Å². The molecular weight excluding hydrogens is 192 g/mol. The fourth-order valence-corrected chi connectivity index (χ4v) is 1.38. The number of hydrogen-bond acceptors (Lipinski definition) is 4. The van der Waals surface area contributed by atoms with E-state index in [0.29, 0.717) is 0 Å². The molecule has 1 N–H and O–H groups in total. The van der Waals surface area contributed by atoms with Crippen LogP contribution in [0.1, 0.15) is 5.56 Å². The molecule has 0 saturated carbocycles. The van der Waals surface area contributed by atoms with E-state index in [2.05, 4.69) is 4.72 Å². The minimum Gasteiger partial charge on any atom is -0.472 e. The molecule has 0 aliphatic heterocycles. The first kappa shape index (κ1) is 9.77. The first-order valence-electron chi connectivity index (χ1n) is 3.49. The van der Waals surface area contributed by atoms with Gasteiger partial charge in [0.1, 0.15) is 0 Å². The van der Waals surface area contributed by atoms with Gasteiger partial charge in [-0.1, -0.05) is 0 Å². The standard InChI is InChI=1S/C7H8N2O3S/c8-2-4-13(10,11)9-5-7-1-3-12-6-7/h1,3,6,9H,4-5H2. The van der Waals surface area contributed by atoms with Crippen LogP contribution in [0.25, 0.3) is 0 Å². The normalized spacial score (nSPS) is 11.0. The molecule has 0 fully saturated rings. The highest BCUT2D eigenvalue weighted by atomic mass is 32.2. The highest BCUT2D eigenvalue weighted by Crippen LogP contribution is 1.99. The molecule has 0 saturated heterocycles. The Balaban J connectivity index is 2.49. The van der Waals surface area contributed by atoms with Crippen LogP contribution >= 0.6 is 0 Å². The van der Waals surface area contributed by atoms with Crippen LogP contribution in [0, 0.1) is 11.3 Å². The molecule has 0 aromatic carbocycles. The van der Waals surface area contributed by atoms with Gasteiger partial charge in [-0.05, 0) is 6.07 Å². The molecule has 70 valence electrons. The molecule has 0 bridgehead atoms. The third-order valence-electron chi connectivity index (χ3n) is 1.33. The van der Waals surface area contributed by atoms with Gasteiger partial charge in [-0.15, -0.1) is 0 Å². The van der Waals surface area contributed by atoms with Crippen LogP contribution in [0.2, 0.25) is 0 Å². The molecule has 0 spiro atoms. The van der Waals surface area contributed by atoms with Crippen molar-refractivity contribution in [1.82, 2.24) is 4.72 Å². The molecule has 1 heterocycles. The summed E-state index contributed by atoms with van der Waals surface area (Å²) in [5, 5.41) is 8.17. The third kappa shape index (κ3) is 3.27. The summed E-state index contributed by atoms with van der Waals surface area (Å²) in [7, 11) is -3.46. The van der Waals surface area contributed by atoms with Crippen molar-refractivity contribution in [2.24, 2.45) is 0 Å². The molecule has 1 rings (SSSR count). The molecule has 6 heteroatoms. The van der Waals surface area contributed by atoms with Crippen molar-refractivity contribution >= 4 is 10.0 Å². The maximum absolute atomic E-state index is 11.0. The van der Waals surface area contributed by atoms with Crippen molar-refractivity contribution in [1.29, 1.82) is 5.26 Å². The Hall–Kier alpha value is -1.32. The van der Waals surface area contributed by atoms with Crippen molar-refractivity contribution in [2.75, 3.05) is 5.75 Å². The van der Waals surface area contributed by atoms with E-state index in [1.807, 2.05) is 0 Å². The first-order chi connectivity index (χ1) is 6.14. The lowest BCUT2D eigenvalue weighted by atomic mass is 10.4. The van der Waals surface area contributed by atoms with E-state index >= 15 is 0 Å². The highest BCUT2D eigenvalue weighted by Gasteiger charge is 2.08. The summed E-state index contributed by atoms with van der Waals surface area (Å²) in [6.45, 7) is 0.153. The highest BCUT2D eigenvalue weighted by molar-refractivity contribution is 7.89. The van der Waals surface area contributed by atoms with Gasteiger partial charge < -0.3 is 4.42 Å². The van der Waals surface area contributed by atoms with Crippen LogP contribution in [-0.4, -0.2) is 14.2 Å². The molecule has 0 aliphatic carbocycles. The molecule has 0 atom stereocenters. The van der Waals surface area contributed by atoms with Gasteiger partial charge in [-0.3, -0.25) is 0 Å². The van der Waals surface area contributed by atoms with Crippen molar-refractivity contribution in [2.45, 2.75) is 6.54 Å². The molecule has 13 heavy (non-hydrogen) atoms.